The summed E-state index contributed by atoms with van der Waals surface area (Å²) in [5.74, 6) is 0. The highest BCUT2D eigenvalue weighted by atomic mass is 32.2. The van der Waals surface area contributed by atoms with E-state index in [2.05, 4.69) is 10.0 Å². The van der Waals surface area contributed by atoms with Crippen LogP contribution in [0, 0.1) is 0 Å². The van der Waals surface area contributed by atoms with Gasteiger partial charge >= 0.3 is 0 Å². The van der Waals surface area contributed by atoms with Crippen molar-refractivity contribution in [1.82, 2.24) is 10.0 Å². The zero-order valence-corrected chi connectivity index (χ0v) is 13.8. The SMILES string of the molecule is CNC(C)c1cccc(S(=O)(=O)NCC(C)S(C)=O)c1. The normalized spacial score (nSPS) is 16.6. The molecule has 0 spiro atoms. The Balaban J connectivity index is 2.90. The van der Waals surface area contributed by atoms with E-state index in [9.17, 15) is 12.6 Å². The van der Waals surface area contributed by atoms with Gasteiger partial charge < -0.3 is 5.32 Å². The molecule has 7 heteroatoms. The fraction of sp³-hybridized carbons (Fsp3) is 0.538. The lowest BCUT2D eigenvalue weighted by atomic mass is 10.1. The molecule has 5 nitrogen and oxygen atoms in total. The summed E-state index contributed by atoms with van der Waals surface area (Å²) in [6.45, 7) is 3.87. The molecule has 114 valence electrons. The lowest BCUT2D eigenvalue weighted by Gasteiger charge is -2.14. The predicted octanol–water partition coefficient (Wildman–Crippen LogP) is 1.01. The van der Waals surface area contributed by atoms with E-state index < -0.39 is 20.8 Å². The standard InChI is InChI=1S/C13H22N2O3S2/c1-10(19(4)16)9-15-20(17,18)13-7-5-6-12(8-13)11(2)14-3/h5-8,10-11,14-15H,9H2,1-4H3. The predicted molar refractivity (Wildman–Crippen MR) is 82.6 cm³/mol. The highest BCUT2D eigenvalue weighted by Crippen LogP contribution is 2.17. The highest BCUT2D eigenvalue weighted by Gasteiger charge is 2.17. The molecular formula is C13H22N2O3S2. The molecule has 0 radical (unpaired) electrons. The summed E-state index contributed by atoms with van der Waals surface area (Å²) in [7, 11) is -2.80. The molecule has 0 saturated carbocycles. The number of sulfonamides is 1. The van der Waals surface area contributed by atoms with Gasteiger partial charge in [0.15, 0.2) is 0 Å². The van der Waals surface area contributed by atoms with E-state index in [0.717, 1.165) is 5.56 Å². The third-order valence-corrected chi connectivity index (χ3v) is 5.95. The largest absolute Gasteiger partial charge is 0.313 e. The third-order valence-electron chi connectivity index (χ3n) is 3.23. The Kier molecular flexibility index (Phi) is 6.32. The number of benzene rings is 1. The second-order valence-corrected chi connectivity index (χ2v) is 8.31. The van der Waals surface area contributed by atoms with E-state index in [1.165, 1.54) is 0 Å². The molecule has 0 aromatic heterocycles. The first-order chi connectivity index (χ1) is 9.27. The molecule has 3 atom stereocenters. The van der Waals surface area contributed by atoms with Gasteiger partial charge in [-0.05, 0) is 38.6 Å². The van der Waals surface area contributed by atoms with Crippen LogP contribution in [0.5, 0.6) is 0 Å². The maximum atomic E-state index is 12.2. The van der Waals surface area contributed by atoms with Crippen molar-refractivity contribution >= 4 is 20.8 Å². The molecule has 0 saturated heterocycles. The molecule has 0 fully saturated rings. The monoisotopic (exact) mass is 318 g/mol. The first-order valence-electron chi connectivity index (χ1n) is 6.37. The summed E-state index contributed by atoms with van der Waals surface area (Å²) in [4.78, 5) is 0.228. The van der Waals surface area contributed by atoms with Gasteiger partial charge in [-0.1, -0.05) is 12.1 Å². The maximum Gasteiger partial charge on any atom is 0.240 e. The second-order valence-electron chi connectivity index (χ2n) is 4.74. The number of hydrogen-bond acceptors (Lipinski definition) is 4. The Bertz CT molecular complexity index is 573. The highest BCUT2D eigenvalue weighted by molar-refractivity contribution is 7.89. The summed E-state index contributed by atoms with van der Waals surface area (Å²) < 4.78 is 38.1. The van der Waals surface area contributed by atoms with Crippen LogP contribution in [0.4, 0.5) is 0 Å². The van der Waals surface area contributed by atoms with Crippen LogP contribution >= 0.6 is 0 Å². The van der Waals surface area contributed by atoms with Gasteiger partial charge in [-0.15, -0.1) is 0 Å². The fourth-order valence-electron chi connectivity index (χ4n) is 1.55. The number of rotatable bonds is 7. The van der Waals surface area contributed by atoms with E-state index in [-0.39, 0.29) is 22.7 Å². The molecule has 0 amide bonds. The lowest BCUT2D eigenvalue weighted by molar-refractivity contribution is 0.580. The van der Waals surface area contributed by atoms with Gasteiger partial charge in [-0.3, -0.25) is 4.21 Å². The Labute approximate surface area is 123 Å². The molecule has 1 aromatic carbocycles. The molecule has 0 aliphatic rings. The Morgan fingerprint density at radius 1 is 1.30 bits per heavy atom. The van der Waals surface area contributed by atoms with Gasteiger partial charge in [-0.2, -0.15) is 0 Å². The zero-order valence-electron chi connectivity index (χ0n) is 12.2. The molecule has 0 bridgehead atoms. The quantitative estimate of drug-likeness (QED) is 0.787. The van der Waals surface area contributed by atoms with Crippen molar-refractivity contribution in [2.24, 2.45) is 0 Å². The van der Waals surface area contributed by atoms with Gasteiger partial charge in [0, 0.05) is 34.9 Å². The summed E-state index contributed by atoms with van der Waals surface area (Å²) in [5.41, 5.74) is 0.905. The molecule has 0 aliphatic heterocycles. The lowest BCUT2D eigenvalue weighted by Crippen LogP contribution is -2.32. The average molecular weight is 318 g/mol. The fourth-order valence-corrected chi connectivity index (χ4v) is 3.15. The van der Waals surface area contributed by atoms with Crippen molar-refractivity contribution in [3.05, 3.63) is 29.8 Å². The van der Waals surface area contributed by atoms with Gasteiger partial charge in [0.25, 0.3) is 0 Å². The van der Waals surface area contributed by atoms with Gasteiger partial charge in [0.1, 0.15) is 0 Å². The summed E-state index contributed by atoms with van der Waals surface area (Å²) in [6, 6.07) is 6.88. The van der Waals surface area contributed by atoms with Crippen molar-refractivity contribution in [2.75, 3.05) is 19.8 Å². The van der Waals surface area contributed by atoms with Crippen molar-refractivity contribution in [2.45, 2.75) is 30.0 Å². The minimum Gasteiger partial charge on any atom is -0.313 e. The van der Waals surface area contributed by atoms with E-state index in [1.807, 2.05) is 20.0 Å². The Morgan fingerprint density at radius 3 is 2.50 bits per heavy atom. The smallest absolute Gasteiger partial charge is 0.240 e. The molecule has 3 unspecified atom stereocenters. The average Bonchev–Trinajstić information content (AvgIpc) is 2.43. The molecule has 0 aliphatic carbocycles. The van der Waals surface area contributed by atoms with Crippen molar-refractivity contribution < 1.29 is 12.6 Å². The van der Waals surface area contributed by atoms with Gasteiger partial charge in [0.2, 0.25) is 10.0 Å². The first kappa shape index (κ1) is 17.3. The molecule has 20 heavy (non-hydrogen) atoms. The minimum absolute atomic E-state index is 0.0761. The summed E-state index contributed by atoms with van der Waals surface area (Å²) >= 11 is 0. The Morgan fingerprint density at radius 2 is 1.95 bits per heavy atom. The van der Waals surface area contributed by atoms with Crippen LogP contribution in [0.25, 0.3) is 0 Å². The zero-order chi connectivity index (χ0) is 15.3. The maximum absolute atomic E-state index is 12.2. The van der Waals surface area contributed by atoms with Crippen LogP contribution in [-0.2, 0) is 20.8 Å². The van der Waals surface area contributed by atoms with E-state index in [0.29, 0.717) is 0 Å². The van der Waals surface area contributed by atoms with Crippen LogP contribution in [0.3, 0.4) is 0 Å². The first-order valence-corrected chi connectivity index (χ1v) is 9.47. The molecule has 0 heterocycles. The van der Waals surface area contributed by atoms with Crippen molar-refractivity contribution in [3.63, 3.8) is 0 Å². The van der Waals surface area contributed by atoms with Crippen molar-refractivity contribution in [3.8, 4) is 0 Å². The topological polar surface area (TPSA) is 75.3 Å². The van der Waals surface area contributed by atoms with E-state index in [4.69, 9.17) is 0 Å². The van der Waals surface area contributed by atoms with Crippen LogP contribution in [-0.4, -0.2) is 37.7 Å². The van der Waals surface area contributed by atoms with Gasteiger partial charge in [-0.25, -0.2) is 13.1 Å². The van der Waals surface area contributed by atoms with E-state index >= 15 is 0 Å². The van der Waals surface area contributed by atoms with Crippen LogP contribution in [0.1, 0.15) is 25.5 Å². The van der Waals surface area contributed by atoms with Crippen LogP contribution < -0.4 is 10.0 Å². The van der Waals surface area contributed by atoms with Crippen LogP contribution in [0.2, 0.25) is 0 Å². The van der Waals surface area contributed by atoms with Crippen LogP contribution in [0.15, 0.2) is 29.2 Å². The van der Waals surface area contributed by atoms with E-state index in [1.54, 1.807) is 31.4 Å². The molecular weight excluding hydrogens is 296 g/mol. The van der Waals surface area contributed by atoms with Gasteiger partial charge in [0.05, 0.1) is 4.90 Å². The number of nitrogens with one attached hydrogen (secondary N) is 2. The van der Waals surface area contributed by atoms with Crippen molar-refractivity contribution in [1.29, 1.82) is 0 Å². The third kappa shape index (κ3) is 4.66. The Hall–Kier alpha value is -0.760. The summed E-state index contributed by atoms with van der Waals surface area (Å²) in [6.07, 6.45) is 1.56. The molecule has 1 rings (SSSR count). The second kappa shape index (κ2) is 7.31. The molecule has 2 N–H and O–H groups in total. The number of hydrogen-bond donors (Lipinski definition) is 2. The molecule has 1 aromatic rings. The summed E-state index contributed by atoms with van der Waals surface area (Å²) in [5, 5.41) is 2.85. The minimum atomic E-state index is -3.57.